The van der Waals surface area contributed by atoms with Gasteiger partial charge in [-0.15, -0.1) is 0 Å². The van der Waals surface area contributed by atoms with E-state index in [-0.39, 0.29) is 0 Å². The van der Waals surface area contributed by atoms with E-state index in [1.807, 2.05) is 38.1 Å². The number of nitrogens with one attached hydrogen (secondary N) is 1. The maximum Gasteiger partial charge on any atom is 0.328 e. The fourth-order valence-corrected chi connectivity index (χ4v) is 1.79. The fourth-order valence-electron chi connectivity index (χ4n) is 1.79. The number of carbonyl (C=O) groups is 1. The van der Waals surface area contributed by atoms with Gasteiger partial charge in [0.1, 0.15) is 5.82 Å². The molecule has 1 aromatic heterocycles. The van der Waals surface area contributed by atoms with E-state index in [4.69, 9.17) is 5.11 Å². The van der Waals surface area contributed by atoms with E-state index in [9.17, 15) is 4.79 Å². The molecule has 0 unspecified atom stereocenters. The topological polar surface area (TPSA) is 66.0 Å². The Kier molecular flexibility index (Phi) is 3.28. The molecule has 2 rings (SSSR count). The summed E-state index contributed by atoms with van der Waals surface area (Å²) >= 11 is 0. The third-order valence-electron chi connectivity index (χ3n) is 2.58. The van der Waals surface area contributed by atoms with Gasteiger partial charge in [-0.3, -0.25) is 0 Å². The number of aromatic nitrogens is 2. The zero-order valence-corrected chi connectivity index (χ0v) is 10.3. The average Bonchev–Trinajstić information content (AvgIpc) is 2.68. The number of aryl methyl sites for hydroxylation is 2. The van der Waals surface area contributed by atoms with E-state index in [0.717, 1.165) is 28.6 Å². The highest BCUT2D eigenvalue weighted by molar-refractivity contribution is 5.84. The van der Waals surface area contributed by atoms with Crippen LogP contribution in [0, 0.1) is 13.8 Å². The smallest absolute Gasteiger partial charge is 0.328 e. The molecule has 2 aromatic rings. The lowest BCUT2D eigenvalue weighted by molar-refractivity contribution is -0.131. The summed E-state index contributed by atoms with van der Waals surface area (Å²) in [4.78, 5) is 17.9. The Balaban J connectivity index is 2.38. The Morgan fingerprint density at radius 3 is 2.83 bits per heavy atom. The Labute approximate surface area is 105 Å². The quantitative estimate of drug-likeness (QED) is 0.813. The number of aromatic amines is 1. The summed E-state index contributed by atoms with van der Waals surface area (Å²) in [6, 6.07) is 8.04. The van der Waals surface area contributed by atoms with Gasteiger partial charge >= 0.3 is 5.97 Å². The van der Waals surface area contributed by atoms with Crippen LogP contribution in [0.5, 0.6) is 0 Å². The van der Waals surface area contributed by atoms with Crippen LogP contribution in [0.3, 0.4) is 0 Å². The lowest BCUT2D eigenvalue weighted by atomic mass is 10.1. The molecule has 4 nitrogen and oxygen atoms in total. The monoisotopic (exact) mass is 242 g/mol. The molecule has 1 heterocycles. The molecule has 0 aliphatic rings. The second-order valence-electron chi connectivity index (χ2n) is 4.14. The molecule has 0 aliphatic heterocycles. The molecule has 0 amide bonds. The van der Waals surface area contributed by atoms with Crippen molar-refractivity contribution in [1.29, 1.82) is 0 Å². The van der Waals surface area contributed by atoms with E-state index < -0.39 is 5.97 Å². The van der Waals surface area contributed by atoms with Crippen molar-refractivity contribution in [3.63, 3.8) is 0 Å². The summed E-state index contributed by atoms with van der Waals surface area (Å²) in [5.41, 5.74) is 3.96. The first-order valence-corrected chi connectivity index (χ1v) is 5.61. The van der Waals surface area contributed by atoms with Gasteiger partial charge in [0.25, 0.3) is 0 Å². The largest absolute Gasteiger partial charge is 0.478 e. The van der Waals surface area contributed by atoms with E-state index in [1.54, 1.807) is 0 Å². The lowest BCUT2D eigenvalue weighted by Crippen LogP contribution is -1.86. The Bertz CT molecular complexity index is 612. The number of carboxylic acids is 1. The van der Waals surface area contributed by atoms with Gasteiger partial charge in [-0.1, -0.05) is 23.8 Å². The van der Waals surface area contributed by atoms with E-state index in [2.05, 4.69) is 9.97 Å². The van der Waals surface area contributed by atoms with Gasteiger partial charge in [-0.2, -0.15) is 0 Å². The maximum atomic E-state index is 10.5. The Hall–Kier alpha value is -2.36. The summed E-state index contributed by atoms with van der Waals surface area (Å²) < 4.78 is 0. The first kappa shape index (κ1) is 12.1. The van der Waals surface area contributed by atoms with Crippen LogP contribution in [0.1, 0.15) is 17.1 Å². The number of aliphatic carboxylic acids is 1. The molecule has 0 saturated carbocycles. The SMILES string of the molecule is Cc1cccc(-c2nc(/C=C/C(=O)O)[nH]c2C)c1. The first-order valence-electron chi connectivity index (χ1n) is 5.61. The minimum Gasteiger partial charge on any atom is -0.478 e. The molecule has 0 saturated heterocycles. The molecule has 0 bridgehead atoms. The van der Waals surface area contributed by atoms with Crippen LogP contribution >= 0.6 is 0 Å². The third-order valence-corrected chi connectivity index (χ3v) is 2.58. The predicted octanol–water partition coefficient (Wildman–Crippen LogP) is 2.79. The maximum absolute atomic E-state index is 10.5. The highest BCUT2D eigenvalue weighted by Crippen LogP contribution is 2.22. The lowest BCUT2D eigenvalue weighted by Gasteiger charge is -1.99. The van der Waals surface area contributed by atoms with Crippen molar-refractivity contribution in [3.8, 4) is 11.3 Å². The van der Waals surface area contributed by atoms with Crippen molar-refractivity contribution in [2.24, 2.45) is 0 Å². The van der Waals surface area contributed by atoms with E-state index >= 15 is 0 Å². The molecule has 0 spiro atoms. The Morgan fingerprint density at radius 1 is 1.39 bits per heavy atom. The summed E-state index contributed by atoms with van der Waals surface area (Å²) in [5.74, 6) is -0.437. The summed E-state index contributed by atoms with van der Waals surface area (Å²) in [7, 11) is 0. The van der Waals surface area contributed by atoms with Gasteiger partial charge < -0.3 is 10.1 Å². The molecule has 0 fully saturated rings. The highest BCUT2D eigenvalue weighted by atomic mass is 16.4. The summed E-state index contributed by atoms with van der Waals surface area (Å²) in [6.07, 6.45) is 2.52. The predicted molar refractivity (Wildman–Crippen MR) is 70.2 cm³/mol. The van der Waals surface area contributed by atoms with Crippen LogP contribution in [0.15, 0.2) is 30.3 Å². The summed E-state index contributed by atoms with van der Waals surface area (Å²) in [6.45, 7) is 3.94. The van der Waals surface area contributed by atoms with Crippen LogP contribution in [0.2, 0.25) is 0 Å². The molecule has 92 valence electrons. The number of benzene rings is 1. The van der Waals surface area contributed by atoms with Crippen molar-refractivity contribution < 1.29 is 9.90 Å². The average molecular weight is 242 g/mol. The number of hydrogen-bond acceptors (Lipinski definition) is 2. The van der Waals surface area contributed by atoms with Crippen LogP contribution < -0.4 is 0 Å². The molecule has 18 heavy (non-hydrogen) atoms. The number of H-pyrrole nitrogens is 1. The molecule has 2 N–H and O–H groups in total. The number of hydrogen-bond donors (Lipinski definition) is 2. The second kappa shape index (κ2) is 4.87. The van der Waals surface area contributed by atoms with Gasteiger partial charge in [0, 0.05) is 17.3 Å². The normalized spacial score (nSPS) is 11.0. The Morgan fingerprint density at radius 2 is 2.17 bits per heavy atom. The van der Waals surface area contributed by atoms with Gasteiger partial charge in [0.15, 0.2) is 0 Å². The molecule has 0 aliphatic carbocycles. The van der Waals surface area contributed by atoms with Crippen molar-refractivity contribution in [2.75, 3.05) is 0 Å². The van der Waals surface area contributed by atoms with Gasteiger partial charge in [0.2, 0.25) is 0 Å². The van der Waals surface area contributed by atoms with Crippen molar-refractivity contribution in [3.05, 3.63) is 47.4 Å². The standard InChI is InChI=1S/C14H14N2O2/c1-9-4-3-5-11(8-9)14-10(2)15-12(16-14)6-7-13(17)18/h3-8H,1-2H3,(H,15,16)(H,17,18)/b7-6+. The van der Waals surface area contributed by atoms with Crippen LogP contribution in [-0.2, 0) is 4.79 Å². The van der Waals surface area contributed by atoms with Gasteiger partial charge in [-0.25, -0.2) is 9.78 Å². The molecule has 4 heteroatoms. The number of rotatable bonds is 3. The molecular weight excluding hydrogens is 228 g/mol. The number of imidazole rings is 1. The minimum absolute atomic E-state index is 0.548. The first-order chi connectivity index (χ1) is 8.56. The van der Waals surface area contributed by atoms with Crippen molar-refractivity contribution >= 4 is 12.0 Å². The zero-order valence-electron chi connectivity index (χ0n) is 10.3. The fraction of sp³-hybridized carbons (Fsp3) is 0.143. The van der Waals surface area contributed by atoms with Gasteiger partial charge in [-0.05, 0) is 26.0 Å². The number of nitrogens with zero attached hydrogens (tertiary/aromatic N) is 1. The number of carboxylic acid groups (broad SMARTS) is 1. The van der Waals surface area contributed by atoms with Crippen LogP contribution in [0.4, 0.5) is 0 Å². The second-order valence-corrected chi connectivity index (χ2v) is 4.14. The summed E-state index contributed by atoms with van der Waals surface area (Å²) in [5, 5.41) is 8.58. The van der Waals surface area contributed by atoms with Gasteiger partial charge in [0.05, 0.1) is 5.69 Å². The molecule has 0 atom stereocenters. The molecule has 1 aromatic carbocycles. The van der Waals surface area contributed by atoms with Crippen molar-refractivity contribution in [2.45, 2.75) is 13.8 Å². The highest BCUT2D eigenvalue weighted by Gasteiger charge is 2.07. The van der Waals surface area contributed by atoms with Crippen LogP contribution in [0.25, 0.3) is 17.3 Å². The molecular formula is C14H14N2O2. The van der Waals surface area contributed by atoms with Crippen molar-refractivity contribution in [1.82, 2.24) is 9.97 Å². The minimum atomic E-state index is -0.985. The van der Waals surface area contributed by atoms with E-state index in [0.29, 0.717) is 5.82 Å². The van der Waals surface area contributed by atoms with E-state index in [1.165, 1.54) is 6.08 Å². The molecule has 0 radical (unpaired) electrons. The third kappa shape index (κ3) is 2.66. The van der Waals surface area contributed by atoms with Crippen LogP contribution in [-0.4, -0.2) is 21.0 Å². The zero-order chi connectivity index (χ0) is 13.1.